The fourth-order valence-electron chi connectivity index (χ4n) is 1.54. The Morgan fingerprint density at radius 1 is 1.41 bits per heavy atom. The van der Waals surface area contributed by atoms with E-state index in [2.05, 4.69) is 10.3 Å². The first-order valence-electron chi connectivity index (χ1n) is 5.53. The van der Waals surface area contributed by atoms with Gasteiger partial charge in [0.15, 0.2) is 0 Å². The van der Waals surface area contributed by atoms with E-state index >= 15 is 0 Å². The number of methoxy groups -OCH3 is 2. The molecule has 0 aromatic carbocycles. The highest BCUT2D eigenvalue weighted by atomic mass is 16.5. The van der Waals surface area contributed by atoms with Crippen molar-refractivity contribution in [2.24, 2.45) is 0 Å². The van der Waals surface area contributed by atoms with Crippen LogP contribution in [0.4, 0.5) is 5.82 Å². The smallest absolute Gasteiger partial charge is 0.126 e. The Labute approximate surface area is 102 Å². The second kappa shape index (κ2) is 7.21. The SMILES string of the molecule is COCC(CNc1cc(CO)cc(C)n1)OC. The van der Waals surface area contributed by atoms with Gasteiger partial charge in [-0.2, -0.15) is 0 Å². The highest BCUT2D eigenvalue weighted by Gasteiger charge is 2.07. The molecule has 96 valence electrons. The molecule has 0 aliphatic carbocycles. The highest BCUT2D eigenvalue weighted by molar-refractivity contribution is 5.39. The number of nitrogens with one attached hydrogen (secondary N) is 1. The predicted octanol–water partition coefficient (Wildman–Crippen LogP) is 0.956. The molecule has 5 nitrogen and oxygen atoms in total. The normalized spacial score (nSPS) is 12.5. The number of aliphatic hydroxyl groups is 1. The van der Waals surface area contributed by atoms with E-state index in [0.717, 1.165) is 17.1 Å². The standard InChI is InChI=1S/C12H20N2O3/c1-9-4-10(7-15)5-12(14-9)13-6-11(17-3)8-16-2/h4-5,11,15H,6-8H2,1-3H3,(H,13,14). The number of ether oxygens (including phenoxy) is 2. The average Bonchev–Trinajstić information content (AvgIpc) is 2.33. The molecule has 0 radical (unpaired) electrons. The molecule has 1 aromatic rings. The average molecular weight is 240 g/mol. The van der Waals surface area contributed by atoms with Gasteiger partial charge in [0.05, 0.1) is 19.3 Å². The molecule has 0 saturated heterocycles. The van der Waals surface area contributed by atoms with E-state index in [1.165, 1.54) is 0 Å². The molecule has 1 heterocycles. The maximum absolute atomic E-state index is 9.09. The van der Waals surface area contributed by atoms with Gasteiger partial charge < -0.3 is 19.9 Å². The van der Waals surface area contributed by atoms with Crippen LogP contribution >= 0.6 is 0 Å². The number of anilines is 1. The third-order valence-corrected chi connectivity index (χ3v) is 2.39. The van der Waals surface area contributed by atoms with Crippen molar-refractivity contribution < 1.29 is 14.6 Å². The van der Waals surface area contributed by atoms with Crippen LogP contribution < -0.4 is 5.32 Å². The lowest BCUT2D eigenvalue weighted by atomic mass is 10.2. The molecule has 0 aliphatic heterocycles. The molecule has 0 spiro atoms. The van der Waals surface area contributed by atoms with Crippen molar-refractivity contribution in [1.82, 2.24) is 4.98 Å². The molecule has 1 unspecified atom stereocenters. The van der Waals surface area contributed by atoms with Crippen LogP contribution in [0.5, 0.6) is 0 Å². The van der Waals surface area contributed by atoms with Crippen LogP contribution in [0.25, 0.3) is 0 Å². The molecule has 1 aromatic heterocycles. The number of aromatic nitrogens is 1. The van der Waals surface area contributed by atoms with Crippen molar-refractivity contribution in [3.8, 4) is 0 Å². The molecule has 0 saturated carbocycles. The van der Waals surface area contributed by atoms with Crippen LogP contribution in [0.3, 0.4) is 0 Å². The Morgan fingerprint density at radius 2 is 2.18 bits per heavy atom. The first-order valence-corrected chi connectivity index (χ1v) is 5.53. The van der Waals surface area contributed by atoms with E-state index in [1.807, 2.05) is 19.1 Å². The summed E-state index contributed by atoms with van der Waals surface area (Å²) < 4.78 is 10.3. The van der Waals surface area contributed by atoms with Crippen molar-refractivity contribution in [3.63, 3.8) is 0 Å². The van der Waals surface area contributed by atoms with Crippen molar-refractivity contribution in [1.29, 1.82) is 0 Å². The van der Waals surface area contributed by atoms with E-state index in [-0.39, 0.29) is 12.7 Å². The molecule has 5 heteroatoms. The number of rotatable bonds is 7. The summed E-state index contributed by atoms with van der Waals surface area (Å²) in [7, 11) is 3.29. The number of hydrogen-bond donors (Lipinski definition) is 2. The maximum atomic E-state index is 9.09. The second-order valence-corrected chi connectivity index (χ2v) is 3.85. The second-order valence-electron chi connectivity index (χ2n) is 3.85. The first kappa shape index (κ1) is 13.9. The van der Waals surface area contributed by atoms with E-state index in [9.17, 15) is 0 Å². The minimum Gasteiger partial charge on any atom is -0.392 e. The number of pyridine rings is 1. The third-order valence-electron chi connectivity index (χ3n) is 2.39. The van der Waals surface area contributed by atoms with Crippen LogP contribution in [0.15, 0.2) is 12.1 Å². The zero-order chi connectivity index (χ0) is 12.7. The van der Waals surface area contributed by atoms with Crippen LogP contribution in [0.1, 0.15) is 11.3 Å². The summed E-state index contributed by atoms with van der Waals surface area (Å²) in [6.45, 7) is 3.06. The molecule has 1 atom stereocenters. The molecule has 0 amide bonds. The number of nitrogens with zero attached hydrogens (tertiary/aromatic N) is 1. The van der Waals surface area contributed by atoms with Gasteiger partial charge in [-0.05, 0) is 24.6 Å². The van der Waals surface area contributed by atoms with Gasteiger partial charge in [0.1, 0.15) is 5.82 Å². The Morgan fingerprint density at radius 3 is 2.76 bits per heavy atom. The molecular formula is C12H20N2O3. The van der Waals surface area contributed by atoms with Gasteiger partial charge in [-0.1, -0.05) is 0 Å². The quantitative estimate of drug-likeness (QED) is 0.743. The van der Waals surface area contributed by atoms with Crippen LogP contribution in [0.2, 0.25) is 0 Å². The molecule has 1 rings (SSSR count). The predicted molar refractivity (Wildman–Crippen MR) is 66.1 cm³/mol. The molecule has 0 bridgehead atoms. The van der Waals surface area contributed by atoms with E-state index in [4.69, 9.17) is 14.6 Å². The van der Waals surface area contributed by atoms with Crippen molar-refractivity contribution in [2.75, 3.05) is 32.7 Å². The van der Waals surface area contributed by atoms with Gasteiger partial charge >= 0.3 is 0 Å². The maximum Gasteiger partial charge on any atom is 0.126 e. The summed E-state index contributed by atoms with van der Waals surface area (Å²) in [5.41, 5.74) is 1.72. The first-order chi connectivity index (χ1) is 8.19. The minimum absolute atomic E-state index is 0.0140. The summed E-state index contributed by atoms with van der Waals surface area (Å²) in [6.07, 6.45) is -0.0140. The third kappa shape index (κ3) is 4.68. The molecule has 17 heavy (non-hydrogen) atoms. The van der Waals surface area contributed by atoms with Crippen molar-refractivity contribution in [2.45, 2.75) is 19.6 Å². The van der Waals surface area contributed by atoms with Crippen LogP contribution in [0, 0.1) is 6.92 Å². The van der Waals surface area contributed by atoms with Crippen molar-refractivity contribution >= 4 is 5.82 Å². The van der Waals surface area contributed by atoms with Gasteiger partial charge in [-0.3, -0.25) is 0 Å². The Balaban J connectivity index is 2.58. The summed E-state index contributed by atoms with van der Waals surface area (Å²) in [4.78, 5) is 4.33. The number of aryl methyl sites for hydroxylation is 1. The molecule has 2 N–H and O–H groups in total. The fourth-order valence-corrected chi connectivity index (χ4v) is 1.54. The van der Waals surface area contributed by atoms with Gasteiger partial charge in [0.25, 0.3) is 0 Å². The lowest BCUT2D eigenvalue weighted by Gasteiger charge is -2.16. The summed E-state index contributed by atoms with van der Waals surface area (Å²) in [5.74, 6) is 0.743. The molecule has 0 aliphatic rings. The number of aliphatic hydroxyl groups excluding tert-OH is 1. The van der Waals surface area contributed by atoms with Gasteiger partial charge in [-0.15, -0.1) is 0 Å². The monoisotopic (exact) mass is 240 g/mol. The summed E-state index contributed by atoms with van der Waals surface area (Å²) in [5, 5.41) is 12.3. The van der Waals surface area contributed by atoms with Crippen LogP contribution in [-0.4, -0.2) is 43.6 Å². The number of hydrogen-bond acceptors (Lipinski definition) is 5. The minimum atomic E-state index is -0.0140. The Kier molecular flexibility index (Phi) is 5.90. The largest absolute Gasteiger partial charge is 0.392 e. The Bertz CT molecular complexity index is 345. The van der Waals surface area contributed by atoms with Crippen molar-refractivity contribution in [3.05, 3.63) is 23.4 Å². The lowest BCUT2D eigenvalue weighted by Crippen LogP contribution is -2.27. The summed E-state index contributed by atoms with van der Waals surface area (Å²) in [6, 6.07) is 3.68. The van der Waals surface area contributed by atoms with E-state index in [0.29, 0.717) is 13.2 Å². The Hall–Kier alpha value is -1.17. The summed E-state index contributed by atoms with van der Waals surface area (Å²) >= 11 is 0. The molecular weight excluding hydrogens is 220 g/mol. The lowest BCUT2D eigenvalue weighted by molar-refractivity contribution is 0.0365. The van der Waals surface area contributed by atoms with Crippen LogP contribution in [-0.2, 0) is 16.1 Å². The molecule has 0 fully saturated rings. The zero-order valence-electron chi connectivity index (χ0n) is 10.6. The van der Waals surface area contributed by atoms with Gasteiger partial charge in [0.2, 0.25) is 0 Å². The fraction of sp³-hybridized carbons (Fsp3) is 0.583. The van der Waals surface area contributed by atoms with E-state index in [1.54, 1.807) is 14.2 Å². The van der Waals surface area contributed by atoms with Gasteiger partial charge in [0, 0.05) is 26.5 Å². The topological polar surface area (TPSA) is 63.6 Å². The zero-order valence-corrected chi connectivity index (χ0v) is 10.6. The highest BCUT2D eigenvalue weighted by Crippen LogP contribution is 2.10. The van der Waals surface area contributed by atoms with Gasteiger partial charge in [-0.25, -0.2) is 4.98 Å². The van der Waals surface area contributed by atoms with E-state index < -0.39 is 0 Å².